The molecule has 3 amide bonds. The number of nitrogens with one attached hydrogen (secondary N) is 1. The lowest BCUT2D eigenvalue weighted by Crippen LogP contribution is -2.52. The van der Waals surface area contributed by atoms with Crippen molar-refractivity contribution in [3.63, 3.8) is 0 Å². The van der Waals surface area contributed by atoms with Crippen LogP contribution in [0.3, 0.4) is 0 Å². The number of amides is 3. The van der Waals surface area contributed by atoms with E-state index in [9.17, 15) is 19.6 Å². The van der Waals surface area contributed by atoms with Crippen LogP contribution in [0.25, 0.3) is 0 Å². The van der Waals surface area contributed by atoms with Crippen molar-refractivity contribution < 1.29 is 28.2 Å². The minimum absolute atomic E-state index is 0.0133. The van der Waals surface area contributed by atoms with Gasteiger partial charge in [0.05, 0.1) is 30.5 Å². The van der Waals surface area contributed by atoms with Gasteiger partial charge in [0, 0.05) is 61.9 Å². The summed E-state index contributed by atoms with van der Waals surface area (Å²) < 4.78 is 27.0. The first-order valence-corrected chi connectivity index (χ1v) is 15.2. The summed E-state index contributed by atoms with van der Waals surface area (Å²) in [5.74, 6) is -0.278. The molecule has 3 aliphatic rings. The Kier molecular flexibility index (Phi) is 8.67. The van der Waals surface area contributed by atoms with Gasteiger partial charge in [0.1, 0.15) is 30.0 Å². The van der Waals surface area contributed by atoms with Crippen molar-refractivity contribution >= 4 is 23.4 Å². The van der Waals surface area contributed by atoms with Crippen LogP contribution in [-0.4, -0.2) is 66.3 Å². The quantitative estimate of drug-likeness (QED) is 0.364. The summed E-state index contributed by atoms with van der Waals surface area (Å²) in [6.07, 6.45) is 0.457. The second kappa shape index (κ2) is 13.0. The van der Waals surface area contributed by atoms with Gasteiger partial charge in [-0.2, -0.15) is 5.26 Å². The molecule has 3 aliphatic heterocycles. The zero-order valence-corrected chi connectivity index (χ0v) is 25.1. The molecule has 10 nitrogen and oxygen atoms in total. The van der Waals surface area contributed by atoms with E-state index in [0.29, 0.717) is 46.9 Å². The number of carbonyl (C=O) groups is 3. The van der Waals surface area contributed by atoms with Crippen molar-refractivity contribution in [1.29, 1.82) is 5.26 Å². The predicted molar refractivity (Wildman–Crippen MR) is 163 cm³/mol. The van der Waals surface area contributed by atoms with Gasteiger partial charge in [0.25, 0.3) is 5.91 Å². The minimum atomic E-state index is -0.716. The number of hydrogen-bond donors (Lipinski definition) is 1. The standard InChI is InChI=1S/C34H34FN5O5/c1-2-44-31-17-22(18-36)7-9-28(31)39-14-12-38(13-15-39)19-23-6-8-24(27(35)16-23)21-45-30-5-3-4-25-26(30)20-40(34(25)43)29-10-11-32(41)37-33(29)42/h3-9,16-17,29H,2,10-15,19-21H2,1H3,(H,37,41,42)/t29-/m0/s1. The highest BCUT2D eigenvalue weighted by Crippen LogP contribution is 2.34. The molecule has 3 heterocycles. The van der Waals surface area contributed by atoms with Gasteiger partial charge in [-0.15, -0.1) is 0 Å². The van der Waals surface area contributed by atoms with E-state index in [4.69, 9.17) is 9.47 Å². The number of benzene rings is 3. The highest BCUT2D eigenvalue weighted by Gasteiger charge is 2.40. The van der Waals surface area contributed by atoms with Gasteiger partial charge < -0.3 is 19.3 Å². The number of imide groups is 1. The van der Waals surface area contributed by atoms with Crippen LogP contribution in [0.5, 0.6) is 11.5 Å². The Hall–Kier alpha value is -4.95. The number of rotatable bonds is 9. The maximum Gasteiger partial charge on any atom is 0.255 e. The fourth-order valence-electron chi connectivity index (χ4n) is 6.18. The average Bonchev–Trinajstić information content (AvgIpc) is 3.37. The van der Waals surface area contributed by atoms with Gasteiger partial charge >= 0.3 is 0 Å². The molecule has 0 saturated carbocycles. The predicted octanol–water partition coefficient (Wildman–Crippen LogP) is 3.76. The topological polar surface area (TPSA) is 115 Å². The van der Waals surface area contributed by atoms with Crippen LogP contribution in [-0.2, 0) is 29.3 Å². The van der Waals surface area contributed by atoms with E-state index in [0.717, 1.165) is 37.4 Å². The molecule has 11 heteroatoms. The number of halogens is 1. The Bertz CT molecular complexity index is 1680. The smallest absolute Gasteiger partial charge is 0.255 e. The number of ether oxygens (including phenoxy) is 2. The maximum absolute atomic E-state index is 15.2. The van der Waals surface area contributed by atoms with Crippen LogP contribution < -0.4 is 19.7 Å². The second-order valence-corrected chi connectivity index (χ2v) is 11.4. The van der Waals surface area contributed by atoms with Gasteiger partial charge in [0.2, 0.25) is 11.8 Å². The number of hydrogen-bond acceptors (Lipinski definition) is 8. The number of nitriles is 1. The van der Waals surface area contributed by atoms with Crippen molar-refractivity contribution in [3.8, 4) is 17.6 Å². The lowest BCUT2D eigenvalue weighted by molar-refractivity contribution is -0.136. The van der Waals surface area contributed by atoms with E-state index in [-0.39, 0.29) is 43.6 Å². The Morgan fingerprint density at radius 3 is 2.56 bits per heavy atom. The first-order chi connectivity index (χ1) is 21.8. The van der Waals surface area contributed by atoms with Crippen LogP contribution in [0.4, 0.5) is 10.1 Å². The molecule has 0 unspecified atom stereocenters. The molecule has 0 radical (unpaired) electrons. The van der Waals surface area contributed by atoms with E-state index in [1.807, 2.05) is 19.1 Å². The van der Waals surface area contributed by atoms with Crippen LogP contribution in [0.2, 0.25) is 0 Å². The monoisotopic (exact) mass is 611 g/mol. The van der Waals surface area contributed by atoms with Gasteiger partial charge in [-0.1, -0.05) is 18.2 Å². The normalized spacial score (nSPS) is 18.4. The average molecular weight is 612 g/mol. The van der Waals surface area contributed by atoms with Crippen LogP contribution in [0.15, 0.2) is 54.6 Å². The lowest BCUT2D eigenvalue weighted by atomic mass is 10.0. The van der Waals surface area contributed by atoms with Crippen molar-refractivity contribution in [2.45, 2.75) is 45.5 Å². The molecule has 2 fully saturated rings. The fraction of sp³-hybridized carbons (Fsp3) is 0.353. The first-order valence-electron chi connectivity index (χ1n) is 15.2. The Morgan fingerprint density at radius 1 is 1.00 bits per heavy atom. The summed E-state index contributed by atoms with van der Waals surface area (Å²) in [6, 6.07) is 17.3. The Labute approximate surface area is 260 Å². The van der Waals surface area contributed by atoms with Crippen molar-refractivity contribution in [2.24, 2.45) is 0 Å². The molecule has 3 aromatic carbocycles. The van der Waals surface area contributed by atoms with E-state index in [1.165, 1.54) is 4.90 Å². The summed E-state index contributed by atoms with van der Waals surface area (Å²) in [7, 11) is 0. The summed E-state index contributed by atoms with van der Waals surface area (Å²) in [5, 5.41) is 11.5. The SMILES string of the molecule is CCOc1cc(C#N)ccc1N1CCN(Cc2ccc(COc3cccc4c3CN([C@H]3CCC(=O)NC3=O)C4=O)c(F)c2)CC1. The molecule has 3 aromatic rings. The van der Waals surface area contributed by atoms with Crippen LogP contribution >= 0.6 is 0 Å². The van der Waals surface area contributed by atoms with Gasteiger partial charge in [0.15, 0.2) is 0 Å². The van der Waals surface area contributed by atoms with E-state index >= 15 is 4.39 Å². The van der Waals surface area contributed by atoms with Crippen molar-refractivity contribution in [2.75, 3.05) is 37.7 Å². The van der Waals surface area contributed by atoms with Crippen molar-refractivity contribution in [1.82, 2.24) is 15.1 Å². The molecule has 0 spiro atoms. The molecule has 2 saturated heterocycles. The molecule has 6 rings (SSSR count). The molecule has 0 bridgehead atoms. The molecular formula is C34H34FN5O5. The Morgan fingerprint density at radius 2 is 1.82 bits per heavy atom. The second-order valence-electron chi connectivity index (χ2n) is 11.4. The molecule has 1 N–H and O–H groups in total. The number of piperazine rings is 1. The minimum Gasteiger partial charge on any atom is -0.492 e. The summed E-state index contributed by atoms with van der Waals surface area (Å²) >= 11 is 0. The fourth-order valence-corrected chi connectivity index (χ4v) is 6.18. The van der Waals surface area contributed by atoms with Crippen LogP contribution in [0.1, 0.15) is 52.4 Å². The molecule has 0 aliphatic carbocycles. The molecular weight excluding hydrogens is 577 g/mol. The number of piperidine rings is 1. The first kappa shape index (κ1) is 30.1. The van der Waals surface area contributed by atoms with Crippen molar-refractivity contribution in [3.05, 3.63) is 88.2 Å². The third kappa shape index (κ3) is 6.33. The maximum atomic E-state index is 15.2. The third-order valence-electron chi connectivity index (χ3n) is 8.55. The molecule has 232 valence electrons. The summed E-state index contributed by atoms with van der Waals surface area (Å²) in [6.45, 7) is 6.39. The number of carbonyl (C=O) groups excluding carboxylic acids is 3. The number of fused-ring (bicyclic) bond motifs is 1. The van der Waals surface area contributed by atoms with E-state index in [1.54, 1.807) is 42.5 Å². The summed E-state index contributed by atoms with van der Waals surface area (Å²) in [4.78, 5) is 43.0. The van der Waals surface area contributed by atoms with Crippen LogP contribution in [0, 0.1) is 17.1 Å². The molecule has 45 heavy (non-hydrogen) atoms. The Balaban J connectivity index is 1.05. The number of nitrogens with zero attached hydrogens (tertiary/aromatic N) is 4. The number of anilines is 1. The van der Waals surface area contributed by atoms with Gasteiger partial charge in [-0.25, -0.2) is 4.39 Å². The zero-order valence-electron chi connectivity index (χ0n) is 25.1. The third-order valence-corrected chi connectivity index (χ3v) is 8.55. The van der Waals surface area contributed by atoms with E-state index in [2.05, 4.69) is 21.2 Å². The summed E-state index contributed by atoms with van der Waals surface area (Å²) in [5.41, 5.74) is 3.90. The molecule has 0 aromatic heterocycles. The molecule has 1 atom stereocenters. The lowest BCUT2D eigenvalue weighted by Gasteiger charge is -2.36. The largest absolute Gasteiger partial charge is 0.492 e. The highest BCUT2D eigenvalue weighted by molar-refractivity contribution is 6.05. The van der Waals surface area contributed by atoms with E-state index < -0.39 is 11.9 Å². The van der Waals surface area contributed by atoms with Gasteiger partial charge in [-0.3, -0.25) is 24.6 Å². The van der Waals surface area contributed by atoms with Gasteiger partial charge in [-0.05, 0) is 49.2 Å². The highest BCUT2D eigenvalue weighted by atomic mass is 19.1. The zero-order chi connectivity index (χ0) is 31.5.